The van der Waals surface area contributed by atoms with E-state index in [1.165, 1.54) is 0 Å². The molecule has 1 aliphatic carbocycles. The Bertz CT molecular complexity index is 944. The van der Waals surface area contributed by atoms with Gasteiger partial charge in [-0.2, -0.15) is 0 Å². The van der Waals surface area contributed by atoms with Crippen LogP contribution in [-0.2, 0) is 19.1 Å². The van der Waals surface area contributed by atoms with Crippen LogP contribution in [0.15, 0.2) is 30.3 Å². The molecule has 1 aromatic carbocycles. The maximum Gasteiger partial charge on any atom is 0.407 e. The molecule has 1 saturated carbocycles. The molecule has 0 aliphatic heterocycles. The second-order valence-electron chi connectivity index (χ2n) is 11.3. The number of para-hydroxylation sites is 1. The number of carbonyl (C=O) groups excluding carboxylic acids is 3. The Balaban J connectivity index is 1.96. The molecule has 11 nitrogen and oxygen atoms in total. The molecule has 0 bridgehead atoms. The molecule has 3 atom stereocenters. The lowest BCUT2D eigenvalue weighted by Gasteiger charge is -2.31. The minimum absolute atomic E-state index is 0.121. The highest BCUT2D eigenvalue weighted by Crippen LogP contribution is 2.28. The van der Waals surface area contributed by atoms with Crippen LogP contribution in [0.5, 0.6) is 5.75 Å². The number of aliphatic hydroxyl groups excluding tert-OH is 1. The standard InChI is InChI=1S/C29H45N3O8/c1-29(2,3)40-28(38)32-23(18-20-10-6-4-7-11-20)24(33)19-25(34)31-22(14-15-26(35)36)27(37)30-16-17-39-21-12-8-5-9-13-21/h5,8-9,12-13,20,22-24,33H,4,6-7,10-11,14-19H2,1-3H3,(H,30,37)(H,31,34)(H,32,38)(H,35,36)/t22-,23-,24-/m0/s1. The Kier molecular flexibility index (Phi) is 13.7. The maximum atomic E-state index is 12.9. The first-order chi connectivity index (χ1) is 18.9. The lowest BCUT2D eigenvalue weighted by molar-refractivity contribution is -0.138. The summed E-state index contributed by atoms with van der Waals surface area (Å²) in [5.74, 6) is -1.33. The van der Waals surface area contributed by atoms with Crippen LogP contribution < -0.4 is 20.7 Å². The SMILES string of the molecule is CC(C)(C)OC(=O)N[C@@H](CC1CCCCC1)[C@@H](O)CC(=O)N[C@@H](CCC(=O)O)C(=O)NCCOc1ccccc1. The van der Waals surface area contributed by atoms with Gasteiger partial charge in [-0.3, -0.25) is 14.4 Å². The van der Waals surface area contributed by atoms with E-state index in [1.54, 1.807) is 32.9 Å². The number of aliphatic carboxylic acids is 1. The van der Waals surface area contributed by atoms with Gasteiger partial charge in [-0.25, -0.2) is 4.79 Å². The number of carboxylic acids is 1. The Morgan fingerprint density at radius 1 is 1.02 bits per heavy atom. The Morgan fingerprint density at radius 3 is 2.33 bits per heavy atom. The van der Waals surface area contributed by atoms with E-state index in [9.17, 15) is 24.3 Å². The van der Waals surface area contributed by atoms with E-state index in [0.717, 1.165) is 32.1 Å². The van der Waals surface area contributed by atoms with Crippen molar-refractivity contribution in [1.82, 2.24) is 16.0 Å². The summed E-state index contributed by atoms with van der Waals surface area (Å²) in [5, 5.41) is 28.0. The number of hydrogen-bond donors (Lipinski definition) is 5. The number of aliphatic hydroxyl groups is 1. The normalized spacial score (nSPS) is 16.2. The number of benzene rings is 1. The molecule has 0 radical (unpaired) electrons. The number of hydrogen-bond acceptors (Lipinski definition) is 7. The second kappa shape index (κ2) is 16.7. The summed E-state index contributed by atoms with van der Waals surface area (Å²) < 4.78 is 10.9. The maximum absolute atomic E-state index is 12.9. The number of rotatable bonds is 15. The highest BCUT2D eigenvalue weighted by molar-refractivity contribution is 5.88. The van der Waals surface area contributed by atoms with Gasteiger partial charge in [0.05, 0.1) is 25.1 Å². The fourth-order valence-electron chi connectivity index (χ4n) is 4.66. The molecule has 1 aliphatic rings. The Hall–Kier alpha value is -3.34. The minimum Gasteiger partial charge on any atom is -0.492 e. The predicted octanol–water partition coefficient (Wildman–Crippen LogP) is 3.15. The van der Waals surface area contributed by atoms with E-state index >= 15 is 0 Å². The monoisotopic (exact) mass is 563 g/mol. The van der Waals surface area contributed by atoms with E-state index in [2.05, 4.69) is 16.0 Å². The van der Waals surface area contributed by atoms with Gasteiger partial charge in [0.2, 0.25) is 11.8 Å². The fraction of sp³-hybridized carbons (Fsp3) is 0.655. The van der Waals surface area contributed by atoms with E-state index in [1.807, 2.05) is 18.2 Å². The van der Waals surface area contributed by atoms with Crippen molar-refractivity contribution in [2.75, 3.05) is 13.2 Å². The molecule has 40 heavy (non-hydrogen) atoms. The number of carbonyl (C=O) groups is 4. The molecule has 0 spiro atoms. The van der Waals surface area contributed by atoms with Crippen LogP contribution in [0, 0.1) is 5.92 Å². The zero-order valence-electron chi connectivity index (χ0n) is 23.8. The summed E-state index contributed by atoms with van der Waals surface area (Å²) in [6.07, 6.45) is 3.06. The molecule has 11 heteroatoms. The highest BCUT2D eigenvalue weighted by atomic mass is 16.6. The molecule has 1 fully saturated rings. The van der Waals surface area contributed by atoms with Crippen LogP contribution in [0.3, 0.4) is 0 Å². The summed E-state index contributed by atoms with van der Waals surface area (Å²) in [6, 6.07) is 7.23. The first-order valence-electron chi connectivity index (χ1n) is 14.1. The molecular formula is C29H45N3O8. The van der Waals surface area contributed by atoms with Crippen LogP contribution in [0.4, 0.5) is 4.79 Å². The van der Waals surface area contributed by atoms with Crippen molar-refractivity contribution < 1.29 is 38.9 Å². The molecule has 3 amide bonds. The van der Waals surface area contributed by atoms with Crippen LogP contribution in [0.25, 0.3) is 0 Å². The highest BCUT2D eigenvalue weighted by Gasteiger charge is 2.30. The van der Waals surface area contributed by atoms with Crippen LogP contribution >= 0.6 is 0 Å². The first-order valence-corrected chi connectivity index (χ1v) is 14.1. The van der Waals surface area contributed by atoms with E-state index < -0.39 is 47.7 Å². The largest absolute Gasteiger partial charge is 0.492 e. The number of alkyl carbamates (subject to hydrolysis) is 1. The van der Waals surface area contributed by atoms with Crippen molar-refractivity contribution in [1.29, 1.82) is 0 Å². The number of amides is 3. The third kappa shape index (κ3) is 13.6. The average molecular weight is 564 g/mol. The van der Waals surface area contributed by atoms with Gasteiger partial charge >= 0.3 is 12.1 Å². The molecule has 1 aromatic rings. The predicted molar refractivity (Wildman–Crippen MR) is 149 cm³/mol. The summed E-state index contributed by atoms with van der Waals surface area (Å²) in [7, 11) is 0. The zero-order chi connectivity index (χ0) is 29.5. The van der Waals surface area contributed by atoms with Crippen molar-refractivity contribution in [2.24, 2.45) is 5.92 Å². The summed E-state index contributed by atoms with van der Waals surface area (Å²) in [6.45, 7) is 5.56. The van der Waals surface area contributed by atoms with Crippen molar-refractivity contribution in [3.05, 3.63) is 30.3 Å². The van der Waals surface area contributed by atoms with Gasteiger partial charge in [-0.1, -0.05) is 50.3 Å². The summed E-state index contributed by atoms with van der Waals surface area (Å²) in [5.41, 5.74) is -0.724. The third-order valence-electron chi connectivity index (χ3n) is 6.58. The van der Waals surface area contributed by atoms with Gasteiger partial charge in [0.25, 0.3) is 0 Å². The van der Waals surface area contributed by atoms with Gasteiger partial charge in [0.1, 0.15) is 24.0 Å². The number of ether oxygens (including phenoxy) is 2. The molecular weight excluding hydrogens is 518 g/mol. The van der Waals surface area contributed by atoms with E-state index in [4.69, 9.17) is 14.6 Å². The van der Waals surface area contributed by atoms with Crippen LogP contribution in [0.1, 0.15) is 78.6 Å². The van der Waals surface area contributed by atoms with Gasteiger partial charge in [-0.05, 0) is 51.7 Å². The smallest absolute Gasteiger partial charge is 0.407 e. The summed E-state index contributed by atoms with van der Waals surface area (Å²) in [4.78, 5) is 49.2. The molecule has 5 N–H and O–H groups in total. The first kappa shape index (κ1) is 32.9. The molecule has 0 unspecified atom stereocenters. The lowest BCUT2D eigenvalue weighted by atomic mass is 9.83. The van der Waals surface area contributed by atoms with Crippen molar-refractivity contribution in [3.63, 3.8) is 0 Å². The van der Waals surface area contributed by atoms with Crippen LogP contribution in [0.2, 0.25) is 0 Å². The fourth-order valence-corrected chi connectivity index (χ4v) is 4.66. The third-order valence-corrected chi connectivity index (χ3v) is 6.58. The quantitative estimate of drug-likeness (QED) is 0.203. The number of carboxylic acid groups (broad SMARTS) is 1. The molecule has 0 heterocycles. The van der Waals surface area contributed by atoms with E-state index in [0.29, 0.717) is 18.1 Å². The Labute approximate surface area is 236 Å². The zero-order valence-corrected chi connectivity index (χ0v) is 23.8. The molecule has 0 aromatic heterocycles. The van der Waals surface area contributed by atoms with Gasteiger partial charge < -0.3 is 35.6 Å². The summed E-state index contributed by atoms with van der Waals surface area (Å²) >= 11 is 0. The van der Waals surface area contributed by atoms with Crippen molar-refractivity contribution >= 4 is 23.9 Å². The minimum atomic E-state index is -1.23. The van der Waals surface area contributed by atoms with Crippen molar-refractivity contribution in [2.45, 2.75) is 102 Å². The van der Waals surface area contributed by atoms with Gasteiger partial charge in [-0.15, -0.1) is 0 Å². The molecule has 2 rings (SSSR count). The average Bonchev–Trinajstić information content (AvgIpc) is 2.88. The van der Waals surface area contributed by atoms with Crippen LogP contribution in [-0.4, -0.2) is 71.0 Å². The van der Waals surface area contributed by atoms with Crippen molar-refractivity contribution in [3.8, 4) is 5.75 Å². The van der Waals surface area contributed by atoms with Gasteiger partial charge in [0.15, 0.2) is 0 Å². The van der Waals surface area contributed by atoms with Gasteiger partial charge in [0, 0.05) is 6.42 Å². The Morgan fingerprint density at radius 2 is 1.70 bits per heavy atom. The number of nitrogens with one attached hydrogen (secondary N) is 3. The molecule has 0 saturated heterocycles. The second-order valence-corrected chi connectivity index (χ2v) is 11.3. The topological polar surface area (TPSA) is 163 Å². The molecule has 224 valence electrons. The lowest BCUT2D eigenvalue weighted by Crippen LogP contribution is -2.51. The van der Waals surface area contributed by atoms with E-state index in [-0.39, 0.29) is 32.4 Å².